The summed E-state index contributed by atoms with van der Waals surface area (Å²) in [6.07, 6.45) is 0. The first-order valence-corrected chi connectivity index (χ1v) is 7.03. The highest BCUT2D eigenvalue weighted by atomic mass is 79.9. The molecule has 1 aromatic carbocycles. The second-order valence-corrected chi connectivity index (χ2v) is 6.70. The van der Waals surface area contributed by atoms with Gasteiger partial charge in [0.05, 0.1) is 14.2 Å². The van der Waals surface area contributed by atoms with Crippen LogP contribution in [0.25, 0.3) is 0 Å². The van der Waals surface area contributed by atoms with E-state index in [0.29, 0.717) is 11.5 Å². The Morgan fingerprint density at radius 1 is 0.938 bits per heavy atom. The lowest BCUT2D eigenvalue weighted by atomic mass is 10.1. The summed E-state index contributed by atoms with van der Waals surface area (Å²) >= 11 is 18.5. The highest BCUT2D eigenvalue weighted by molar-refractivity contribution is 9.10. The van der Waals surface area contributed by atoms with E-state index in [9.17, 15) is 0 Å². The molecule has 1 rings (SSSR count). The molecule has 6 heteroatoms. The van der Waals surface area contributed by atoms with E-state index in [1.807, 2.05) is 0 Å². The fourth-order valence-electron chi connectivity index (χ4n) is 1.29. The second-order valence-electron chi connectivity index (χ2n) is 2.94. The van der Waals surface area contributed by atoms with Crippen LogP contribution in [0.1, 0.15) is 19.7 Å². The number of halogens is 4. The number of rotatable bonds is 4. The molecule has 0 aliphatic rings. The zero-order chi connectivity index (χ0) is 12.3. The molecule has 0 spiro atoms. The summed E-state index contributed by atoms with van der Waals surface area (Å²) in [7, 11) is 3.16. The topological polar surface area (TPSA) is 18.5 Å². The lowest BCUT2D eigenvalue weighted by Crippen LogP contribution is -1.97. The number of hydrogen-bond acceptors (Lipinski definition) is 2. The monoisotopic (exact) mass is 390 g/mol. The molecule has 0 aliphatic carbocycles. The Balaban J connectivity index is 3.34. The van der Waals surface area contributed by atoms with Crippen molar-refractivity contribution in [2.24, 2.45) is 0 Å². The van der Waals surface area contributed by atoms with Gasteiger partial charge in [-0.2, -0.15) is 0 Å². The molecule has 0 radical (unpaired) electrons. The molecule has 2 nitrogen and oxygen atoms in total. The van der Waals surface area contributed by atoms with Crippen molar-refractivity contribution in [1.29, 1.82) is 0 Å². The lowest BCUT2D eigenvalue weighted by Gasteiger charge is -2.16. The number of methoxy groups -OCH3 is 2. The Morgan fingerprint density at radius 3 is 1.44 bits per heavy atom. The van der Waals surface area contributed by atoms with Crippen LogP contribution in [0.4, 0.5) is 0 Å². The maximum Gasteiger partial charge on any atom is 0.125 e. The molecule has 90 valence electrons. The fourth-order valence-corrected chi connectivity index (χ4v) is 2.34. The van der Waals surface area contributed by atoms with Gasteiger partial charge in [-0.05, 0) is 12.1 Å². The third-order valence-corrected chi connectivity index (χ3v) is 3.51. The predicted octanol–water partition coefficient (Wildman–Crippen LogP) is 4.97. The third-order valence-electron chi connectivity index (χ3n) is 2.05. The van der Waals surface area contributed by atoms with E-state index in [2.05, 4.69) is 31.9 Å². The summed E-state index contributed by atoms with van der Waals surface area (Å²) in [6.45, 7) is 0. The number of hydrogen-bond donors (Lipinski definition) is 0. The average molecular weight is 393 g/mol. The van der Waals surface area contributed by atoms with Crippen molar-refractivity contribution in [1.82, 2.24) is 0 Å². The Morgan fingerprint density at radius 2 is 1.25 bits per heavy atom. The van der Waals surface area contributed by atoms with Crippen LogP contribution in [-0.4, -0.2) is 14.2 Å². The first-order chi connectivity index (χ1) is 7.51. The Bertz CT molecular complexity index is 334. The van der Waals surface area contributed by atoms with E-state index in [4.69, 9.17) is 32.7 Å². The Labute approximate surface area is 121 Å². The van der Waals surface area contributed by atoms with E-state index in [0.717, 1.165) is 11.1 Å². The standard InChI is InChI=1S/C10H10Br2Cl2O2/c1-15-7-3-6(10(12)14)8(16-2)4-5(7)9(11)13/h3-4,9-10H,1-2H3. The SMILES string of the molecule is COc1cc(C(Cl)Br)c(OC)cc1C(Cl)Br. The normalized spacial score (nSPS) is 14.4. The predicted molar refractivity (Wildman–Crippen MR) is 74.6 cm³/mol. The minimum absolute atomic E-state index is 0.338. The molecule has 2 atom stereocenters. The quantitative estimate of drug-likeness (QED) is 0.673. The number of alkyl halides is 4. The molecule has 0 N–H and O–H groups in total. The van der Waals surface area contributed by atoms with E-state index in [1.165, 1.54) is 0 Å². The van der Waals surface area contributed by atoms with Crippen LogP contribution in [0.3, 0.4) is 0 Å². The van der Waals surface area contributed by atoms with Gasteiger partial charge in [-0.1, -0.05) is 31.9 Å². The Kier molecular flexibility index (Phi) is 5.71. The molecule has 0 aliphatic heterocycles. The van der Waals surface area contributed by atoms with Gasteiger partial charge >= 0.3 is 0 Å². The molecule has 0 saturated carbocycles. The van der Waals surface area contributed by atoms with Crippen molar-refractivity contribution in [3.8, 4) is 11.5 Å². The minimum Gasteiger partial charge on any atom is -0.496 e. The maximum atomic E-state index is 5.98. The molecular weight excluding hydrogens is 383 g/mol. The van der Waals surface area contributed by atoms with Gasteiger partial charge in [0.25, 0.3) is 0 Å². The molecule has 0 amide bonds. The first kappa shape index (κ1) is 14.4. The van der Waals surface area contributed by atoms with Crippen LogP contribution in [-0.2, 0) is 0 Å². The summed E-state index contributed by atoms with van der Waals surface area (Å²) in [5, 5.41) is 0. The summed E-state index contributed by atoms with van der Waals surface area (Å²) in [5.41, 5.74) is 1.60. The van der Waals surface area contributed by atoms with Crippen LogP contribution in [0.5, 0.6) is 11.5 Å². The van der Waals surface area contributed by atoms with Crippen molar-refractivity contribution < 1.29 is 9.47 Å². The maximum absolute atomic E-state index is 5.98. The van der Waals surface area contributed by atoms with Gasteiger partial charge in [-0.15, -0.1) is 23.2 Å². The van der Waals surface area contributed by atoms with Gasteiger partial charge in [0.2, 0.25) is 0 Å². The van der Waals surface area contributed by atoms with Gasteiger partial charge in [0.15, 0.2) is 0 Å². The van der Waals surface area contributed by atoms with Crippen LogP contribution >= 0.6 is 55.1 Å². The summed E-state index contributed by atoms with van der Waals surface area (Å²) < 4.78 is 9.82. The number of benzene rings is 1. The van der Waals surface area contributed by atoms with E-state index in [1.54, 1.807) is 26.4 Å². The van der Waals surface area contributed by atoms with Gasteiger partial charge in [-0.25, -0.2) is 0 Å². The molecule has 0 bridgehead atoms. The van der Waals surface area contributed by atoms with Gasteiger partial charge in [0, 0.05) is 11.1 Å². The molecule has 1 aromatic rings. The second kappa shape index (κ2) is 6.34. The highest BCUT2D eigenvalue weighted by Gasteiger charge is 2.18. The van der Waals surface area contributed by atoms with Crippen molar-refractivity contribution in [2.75, 3.05) is 14.2 Å². The minimum atomic E-state index is -0.338. The third kappa shape index (κ3) is 3.19. The van der Waals surface area contributed by atoms with Gasteiger partial charge in [0.1, 0.15) is 20.1 Å². The summed E-state index contributed by atoms with van der Waals surface area (Å²) in [6, 6.07) is 3.61. The zero-order valence-electron chi connectivity index (χ0n) is 8.64. The lowest BCUT2D eigenvalue weighted by molar-refractivity contribution is 0.397. The first-order valence-electron chi connectivity index (χ1n) is 4.33. The van der Waals surface area contributed by atoms with Crippen LogP contribution in [0.2, 0.25) is 0 Å². The van der Waals surface area contributed by atoms with Gasteiger partial charge in [-0.3, -0.25) is 0 Å². The van der Waals surface area contributed by atoms with E-state index < -0.39 is 0 Å². The van der Waals surface area contributed by atoms with Crippen molar-refractivity contribution in [3.63, 3.8) is 0 Å². The Hall–Kier alpha value is 0.360. The fraction of sp³-hybridized carbons (Fsp3) is 0.400. The zero-order valence-corrected chi connectivity index (χ0v) is 13.3. The van der Waals surface area contributed by atoms with Crippen molar-refractivity contribution in [2.45, 2.75) is 8.57 Å². The van der Waals surface area contributed by atoms with Crippen LogP contribution < -0.4 is 9.47 Å². The average Bonchev–Trinajstić information content (AvgIpc) is 2.26. The van der Waals surface area contributed by atoms with E-state index >= 15 is 0 Å². The van der Waals surface area contributed by atoms with Crippen molar-refractivity contribution in [3.05, 3.63) is 23.3 Å². The number of ether oxygens (including phenoxy) is 2. The summed E-state index contributed by atoms with van der Waals surface area (Å²) in [4.78, 5) is 0. The molecular formula is C10H10Br2Cl2O2. The smallest absolute Gasteiger partial charge is 0.125 e. The molecule has 0 aromatic heterocycles. The largest absolute Gasteiger partial charge is 0.496 e. The molecule has 0 fully saturated rings. The van der Waals surface area contributed by atoms with Crippen molar-refractivity contribution >= 4 is 55.1 Å². The molecule has 2 unspecified atom stereocenters. The van der Waals surface area contributed by atoms with Gasteiger partial charge < -0.3 is 9.47 Å². The van der Waals surface area contributed by atoms with E-state index in [-0.39, 0.29) is 8.57 Å². The van der Waals surface area contributed by atoms with Crippen LogP contribution in [0, 0.1) is 0 Å². The highest BCUT2D eigenvalue weighted by Crippen LogP contribution is 2.43. The summed E-state index contributed by atoms with van der Waals surface area (Å²) in [5.74, 6) is 1.33. The van der Waals surface area contributed by atoms with Crippen LogP contribution in [0.15, 0.2) is 12.1 Å². The molecule has 16 heavy (non-hydrogen) atoms. The molecule has 0 saturated heterocycles. The molecule has 0 heterocycles.